The van der Waals surface area contributed by atoms with Gasteiger partial charge >= 0.3 is 6.18 Å². The highest BCUT2D eigenvalue weighted by Crippen LogP contribution is 2.34. The van der Waals surface area contributed by atoms with E-state index in [2.05, 4.69) is 20.0 Å². The first kappa shape index (κ1) is 22.2. The van der Waals surface area contributed by atoms with Crippen molar-refractivity contribution in [1.82, 2.24) is 19.3 Å². The van der Waals surface area contributed by atoms with Crippen LogP contribution in [0.3, 0.4) is 0 Å². The Morgan fingerprint density at radius 2 is 2.00 bits per heavy atom. The van der Waals surface area contributed by atoms with Crippen LogP contribution in [0.25, 0.3) is 11.3 Å². The van der Waals surface area contributed by atoms with Gasteiger partial charge in [0.1, 0.15) is 18.2 Å². The molecule has 32 heavy (non-hydrogen) atoms. The van der Waals surface area contributed by atoms with Gasteiger partial charge < -0.3 is 14.6 Å². The average molecular weight is 467 g/mol. The molecule has 8 nitrogen and oxygen atoms in total. The molecule has 0 radical (unpaired) electrons. The molecule has 0 fully saturated rings. The number of aromatic nitrogens is 3. The molecule has 0 spiro atoms. The summed E-state index contributed by atoms with van der Waals surface area (Å²) < 4.78 is 72.9. The van der Waals surface area contributed by atoms with Gasteiger partial charge in [-0.3, -0.25) is 0 Å². The summed E-state index contributed by atoms with van der Waals surface area (Å²) >= 11 is 0. The Kier molecular flexibility index (Phi) is 5.69. The first-order valence-electron chi connectivity index (χ1n) is 9.63. The number of alkyl halides is 3. The monoisotopic (exact) mass is 467 g/mol. The molecule has 1 aliphatic heterocycles. The number of pyridine rings is 1. The number of benzene rings is 1. The molecular formula is C20H20F3N5O3S. The minimum atomic E-state index is -4.49. The lowest BCUT2D eigenvalue weighted by atomic mass is 10.1. The van der Waals surface area contributed by atoms with E-state index in [-0.39, 0.29) is 16.8 Å². The third kappa shape index (κ3) is 4.47. The molecule has 170 valence electrons. The predicted molar refractivity (Wildman–Crippen MR) is 111 cm³/mol. The number of imidazole rings is 1. The van der Waals surface area contributed by atoms with Gasteiger partial charge in [-0.1, -0.05) is 0 Å². The molecule has 3 aromatic rings. The van der Waals surface area contributed by atoms with Crippen LogP contribution in [0, 0.1) is 0 Å². The molecule has 3 heterocycles. The zero-order chi connectivity index (χ0) is 23.1. The van der Waals surface area contributed by atoms with Gasteiger partial charge in [-0.15, -0.1) is 0 Å². The highest BCUT2D eigenvalue weighted by Gasteiger charge is 2.30. The fourth-order valence-electron chi connectivity index (χ4n) is 3.31. The van der Waals surface area contributed by atoms with Crippen molar-refractivity contribution in [2.45, 2.75) is 37.3 Å². The first-order valence-corrected chi connectivity index (χ1v) is 11.1. The molecule has 4 rings (SSSR count). The van der Waals surface area contributed by atoms with Gasteiger partial charge in [-0.05, 0) is 44.3 Å². The fraction of sp³-hybridized carbons (Fsp3) is 0.300. The lowest BCUT2D eigenvalue weighted by molar-refractivity contribution is -0.137. The summed E-state index contributed by atoms with van der Waals surface area (Å²) in [5.41, 5.74) is 0.532. The van der Waals surface area contributed by atoms with Crippen molar-refractivity contribution in [1.29, 1.82) is 0 Å². The number of sulfonamides is 1. The largest absolute Gasteiger partial charge is 0.417 e. The van der Waals surface area contributed by atoms with Crippen LogP contribution in [-0.2, 0) is 34.1 Å². The molecule has 0 aliphatic carbocycles. The Bertz CT molecular complexity index is 1240. The second kappa shape index (κ2) is 8.19. The standard InChI is InChI=1S/C20H20F3N5O3S/c1-12-9-28-10-17(27-19(28)11-31-12)15-7-14(32(29,30)24-2)4-5-16(15)26-18-6-3-13(8-25-18)20(21,22)23/h3-8,10,12,24H,9,11H2,1-2H3,(H,25,26). The third-order valence-electron chi connectivity index (χ3n) is 5.01. The summed E-state index contributed by atoms with van der Waals surface area (Å²) in [4.78, 5) is 8.42. The quantitative estimate of drug-likeness (QED) is 0.596. The number of nitrogens with one attached hydrogen (secondary N) is 2. The van der Waals surface area contributed by atoms with Crippen LogP contribution >= 0.6 is 0 Å². The first-order chi connectivity index (χ1) is 15.1. The Morgan fingerprint density at radius 1 is 1.22 bits per heavy atom. The van der Waals surface area contributed by atoms with Crippen LogP contribution in [0.15, 0.2) is 47.6 Å². The lowest BCUT2D eigenvalue weighted by Gasteiger charge is -2.20. The van der Waals surface area contributed by atoms with Gasteiger partial charge in [0, 0.05) is 30.2 Å². The Labute approximate surface area is 182 Å². The van der Waals surface area contributed by atoms with Crippen molar-refractivity contribution in [3.63, 3.8) is 0 Å². The van der Waals surface area contributed by atoms with E-state index in [1.165, 1.54) is 31.3 Å². The van der Waals surface area contributed by atoms with Crippen LogP contribution in [0.5, 0.6) is 0 Å². The minimum absolute atomic E-state index is 0.00879. The number of hydrogen-bond donors (Lipinski definition) is 2. The Morgan fingerprint density at radius 3 is 2.66 bits per heavy atom. The highest BCUT2D eigenvalue weighted by atomic mass is 32.2. The number of nitrogens with zero attached hydrogens (tertiary/aromatic N) is 3. The van der Waals surface area contributed by atoms with Crippen molar-refractivity contribution >= 4 is 21.5 Å². The van der Waals surface area contributed by atoms with Gasteiger partial charge in [0.15, 0.2) is 0 Å². The van der Waals surface area contributed by atoms with Gasteiger partial charge in [0.25, 0.3) is 0 Å². The number of hydrogen-bond acceptors (Lipinski definition) is 6. The molecular weight excluding hydrogens is 447 g/mol. The minimum Gasteiger partial charge on any atom is -0.369 e. The maximum atomic E-state index is 12.8. The second-order valence-corrected chi connectivity index (χ2v) is 9.17. The molecule has 1 atom stereocenters. The Hall–Kier alpha value is -2.96. The number of ether oxygens (including phenoxy) is 1. The highest BCUT2D eigenvalue weighted by molar-refractivity contribution is 7.89. The Balaban J connectivity index is 1.75. The van der Waals surface area contributed by atoms with E-state index in [0.29, 0.717) is 35.9 Å². The summed E-state index contributed by atoms with van der Waals surface area (Å²) in [6.45, 7) is 2.85. The number of fused-ring (bicyclic) bond motifs is 1. The molecule has 1 unspecified atom stereocenters. The molecule has 2 aromatic heterocycles. The van der Waals surface area contributed by atoms with Gasteiger partial charge in [0.2, 0.25) is 10.0 Å². The van der Waals surface area contributed by atoms with Crippen molar-refractivity contribution < 1.29 is 26.3 Å². The molecule has 0 saturated carbocycles. The molecule has 1 aromatic carbocycles. The van der Waals surface area contributed by atoms with Crippen LogP contribution in [0.1, 0.15) is 18.3 Å². The van der Waals surface area contributed by atoms with E-state index in [1.807, 2.05) is 11.5 Å². The number of halogens is 3. The zero-order valence-electron chi connectivity index (χ0n) is 17.1. The molecule has 1 aliphatic rings. The van der Waals surface area contributed by atoms with E-state index in [0.717, 1.165) is 12.3 Å². The van der Waals surface area contributed by atoms with E-state index in [1.54, 1.807) is 6.20 Å². The SMILES string of the molecule is CNS(=O)(=O)c1ccc(Nc2ccc(C(F)(F)F)cn2)c(-c2cn3c(n2)COC(C)C3)c1. The van der Waals surface area contributed by atoms with Crippen molar-refractivity contribution in [3.05, 3.63) is 54.1 Å². The number of anilines is 2. The fourth-order valence-corrected chi connectivity index (χ4v) is 4.06. The molecule has 0 saturated heterocycles. The van der Waals surface area contributed by atoms with Crippen LogP contribution < -0.4 is 10.0 Å². The smallest absolute Gasteiger partial charge is 0.369 e. The summed E-state index contributed by atoms with van der Waals surface area (Å²) in [5, 5.41) is 2.96. The zero-order valence-corrected chi connectivity index (χ0v) is 18.0. The van der Waals surface area contributed by atoms with E-state index in [4.69, 9.17) is 4.74 Å². The molecule has 0 bridgehead atoms. The van der Waals surface area contributed by atoms with Crippen molar-refractivity contribution in [3.8, 4) is 11.3 Å². The topological polar surface area (TPSA) is 98.1 Å². The molecule has 0 amide bonds. The molecule has 2 N–H and O–H groups in total. The van der Waals surface area contributed by atoms with Crippen LogP contribution in [0.4, 0.5) is 24.7 Å². The van der Waals surface area contributed by atoms with Crippen molar-refractivity contribution in [2.24, 2.45) is 0 Å². The predicted octanol–water partition coefficient (Wildman–Crippen LogP) is 3.53. The molecule has 12 heteroatoms. The summed E-state index contributed by atoms with van der Waals surface area (Å²) in [6, 6.07) is 6.50. The average Bonchev–Trinajstić information content (AvgIpc) is 3.16. The second-order valence-electron chi connectivity index (χ2n) is 7.29. The van der Waals surface area contributed by atoms with Gasteiger partial charge in [-0.25, -0.2) is 23.1 Å². The summed E-state index contributed by atoms with van der Waals surface area (Å²) in [6.07, 6.45) is -1.95. The summed E-state index contributed by atoms with van der Waals surface area (Å²) in [7, 11) is -2.42. The third-order valence-corrected chi connectivity index (χ3v) is 6.42. The summed E-state index contributed by atoms with van der Waals surface area (Å²) in [5.74, 6) is 0.864. The van der Waals surface area contributed by atoms with Crippen molar-refractivity contribution in [2.75, 3.05) is 12.4 Å². The van der Waals surface area contributed by atoms with Crippen LogP contribution in [-0.4, -0.2) is 36.1 Å². The van der Waals surface area contributed by atoms with Crippen LogP contribution in [0.2, 0.25) is 0 Å². The normalized spacial score (nSPS) is 16.6. The lowest BCUT2D eigenvalue weighted by Crippen LogP contribution is -2.24. The number of rotatable bonds is 5. The van der Waals surface area contributed by atoms with Gasteiger partial charge in [-0.2, -0.15) is 13.2 Å². The van der Waals surface area contributed by atoms with Gasteiger partial charge in [0.05, 0.1) is 22.3 Å². The van der Waals surface area contributed by atoms with E-state index in [9.17, 15) is 21.6 Å². The maximum absolute atomic E-state index is 12.8. The van der Waals surface area contributed by atoms with E-state index < -0.39 is 21.8 Å². The maximum Gasteiger partial charge on any atom is 0.417 e. The van der Waals surface area contributed by atoms with E-state index >= 15 is 0 Å².